The highest BCUT2D eigenvalue weighted by molar-refractivity contribution is 9.10. The number of halogens is 3. The molecule has 0 bridgehead atoms. The highest BCUT2D eigenvalue weighted by Crippen LogP contribution is 2.27. The van der Waals surface area contributed by atoms with E-state index in [1.165, 1.54) is 12.1 Å². The van der Waals surface area contributed by atoms with Crippen molar-refractivity contribution >= 4 is 34.2 Å². The minimum atomic E-state index is -0.917. The molecule has 1 atom stereocenters. The molecule has 0 radical (unpaired) electrons. The van der Waals surface area contributed by atoms with Crippen molar-refractivity contribution in [3.05, 3.63) is 64.4 Å². The third-order valence-corrected chi connectivity index (χ3v) is 3.90. The number of ether oxygens (including phenoxy) is 1. The smallest absolute Gasteiger partial charge is 0.265 e. The Morgan fingerprint density at radius 3 is 2.56 bits per heavy atom. The third kappa shape index (κ3) is 6.65. The molecule has 0 aliphatic carbocycles. The molecule has 7 heteroatoms. The molecule has 1 unspecified atom stereocenters. The van der Waals surface area contributed by atoms with E-state index in [0.717, 1.165) is 12.8 Å². The maximum Gasteiger partial charge on any atom is 0.265 e. The van der Waals surface area contributed by atoms with E-state index in [9.17, 15) is 9.18 Å². The first-order valence-electron chi connectivity index (χ1n) is 7.76. The molecule has 4 nitrogen and oxygen atoms in total. The van der Waals surface area contributed by atoms with Crippen LogP contribution in [0.4, 0.5) is 4.39 Å². The Bertz CT molecular complexity index is 673. The van der Waals surface area contributed by atoms with Crippen molar-refractivity contribution in [2.45, 2.75) is 18.9 Å². The van der Waals surface area contributed by atoms with Crippen LogP contribution >= 0.6 is 28.3 Å². The van der Waals surface area contributed by atoms with Crippen LogP contribution in [0.3, 0.4) is 0 Å². The molecule has 0 aliphatic heterocycles. The fraction of sp³-hybridized carbons (Fsp3) is 0.278. The SMILES string of the molecule is Cl.NCCCCNC(=O)C(Oc1ccc(Br)cc1F)c1ccccc1. The first kappa shape index (κ1) is 21.4. The van der Waals surface area contributed by atoms with Gasteiger partial charge in [0, 0.05) is 16.6 Å². The summed E-state index contributed by atoms with van der Waals surface area (Å²) in [4.78, 5) is 12.5. The molecule has 0 saturated heterocycles. The summed E-state index contributed by atoms with van der Waals surface area (Å²) in [5, 5.41) is 2.82. The van der Waals surface area contributed by atoms with Crippen molar-refractivity contribution < 1.29 is 13.9 Å². The molecule has 0 saturated carbocycles. The van der Waals surface area contributed by atoms with Gasteiger partial charge in [-0.1, -0.05) is 46.3 Å². The second kappa shape index (κ2) is 11.1. The van der Waals surface area contributed by atoms with Crippen LogP contribution in [-0.4, -0.2) is 19.0 Å². The summed E-state index contributed by atoms with van der Waals surface area (Å²) in [6.07, 6.45) is 0.703. The van der Waals surface area contributed by atoms with Gasteiger partial charge in [0.1, 0.15) is 0 Å². The number of rotatable bonds is 8. The summed E-state index contributed by atoms with van der Waals surface area (Å²) in [5.74, 6) is -0.800. The number of carbonyl (C=O) groups excluding carboxylic acids is 1. The molecular weight excluding hydrogens is 411 g/mol. The van der Waals surface area contributed by atoms with Crippen molar-refractivity contribution in [2.75, 3.05) is 13.1 Å². The summed E-state index contributed by atoms with van der Waals surface area (Å²) < 4.78 is 20.3. The number of carbonyl (C=O) groups is 1. The number of amides is 1. The minimum absolute atomic E-state index is 0. The molecule has 3 N–H and O–H groups in total. The topological polar surface area (TPSA) is 64.3 Å². The van der Waals surface area contributed by atoms with Crippen molar-refractivity contribution in [3.63, 3.8) is 0 Å². The maximum absolute atomic E-state index is 14.0. The quantitative estimate of drug-likeness (QED) is 0.621. The molecule has 2 aromatic carbocycles. The zero-order valence-electron chi connectivity index (χ0n) is 13.6. The Balaban J connectivity index is 0.00000312. The van der Waals surface area contributed by atoms with Crippen LogP contribution in [0.2, 0.25) is 0 Å². The highest BCUT2D eigenvalue weighted by atomic mass is 79.9. The van der Waals surface area contributed by atoms with Gasteiger partial charge in [-0.05, 0) is 37.6 Å². The fourth-order valence-corrected chi connectivity index (χ4v) is 2.51. The predicted molar refractivity (Wildman–Crippen MR) is 102 cm³/mol. The van der Waals surface area contributed by atoms with Crippen molar-refractivity contribution in [1.82, 2.24) is 5.32 Å². The van der Waals surface area contributed by atoms with Gasteiger partial charge in [-0.2, -0.15) is 0 Å². The normalized spacial score (nSPS) is 11.3. The van der Waals surface area contributed by atoms with E-state index in [2.05, 4.69) is 21.2 Å². The standard InChI is InChI=1S/C18H20BrFN2O2.ClH/c19-14-8-9-16(15(20)12-14)24-17(13-6-2-1-3-7-13)18(23)22-11-5-4-10-21;/h1-3,6-9,12,17H,4-5,10-11,21H2,(H,22,23);1H. The van der Waals surface area contributed by atoms with Crippen molar-refractivity contribution in [1.29, 1.82) is 0 Å². The average Bonchev–Trinajstić information content (AvgIpc) is 2.58. The second-order valence-electron chi connectivity index (χ2n) is 5.27. The molecule has 25 heavy (non-hydrogen) atoms. The van der Waals surface area contributed by atoms with E-state index in [-0.39, 0.29) is 24.1 Å². The Morgan fingerprint density at radius 1 is 1.20 bits per heavy atom. The van der Waals surface area contributed by atoms with Crippen LogP contribution in [0, 0.1) is 5.82 Å². The average molecular weight is 432 g/mol. The summed E-state index contributed by atoms with van der Waals surface area (Å²) >= 11 is 3.20. The van der Waals surface area contributed by atoms with E-state index < -0.39 is 11.9 Å². The lowest BCUT2D eigenvalue weighted by atomic mass is 10.1. The molecule has 0 heterocycles. The molecule has 0 fully saturated rings. The number of nitrogens with one attached hydrogen (secondary N) is 1. The fourth-order valence-electron chi connectivity index (χ4n) is 2.17. The molecule has 0 aromatic heterocycles. The third-order valence-electron chi connectivity index (χ3n) is 3.41. The van der Waals surface area contributed by atoms with E-state index in [1.54, 1.807) is 18.2 Å². The van der Waals surface area contributed by atoms with Crippen molar-refractivity contribution in [2.24, 2.45) is 5.73 Å². The van der Waals surface area contributed by atoms with Gasteiger partial charge in [0.25, 0.3) is 5.91 Å². The van der Waals surface area contributed by atoms with Gasteiger partial charge in [-0.15, -0.1) is 12.4 Å². The molecule has 2 rings (SSSR count). The predicted octanol–water partition coefficient (Wildman–Crippen LogP) is 3.99. The Hall–Kier alpha value is -1.63. The first-order valence-corrected chi connectivity index (χ1v) is 8.55. The lowest BCUT2D eigenvalue weighted by Crippen LogP contribution is -2.33. The number of hydrogen-bond donors (Lipinski definition) is 2. The zero-order chi connectivity index (χ0) is 17.4. The minimum Gasteiger partial charge on any atom is -0.473 e. The Morgan fingerprint density at radius 2 is 1.92 bits per heavy atom. The van der Waals surface area contributed by atoms with E-state index in [1.807, 2.05) is 18.2 Å². The molecule has 2 aromatic rings. The zero-order valence-corrected chi connectivity index (χ0v) is 16.0. The van der Waals surface area contributed by atoms with Gasteiger partial charge in [0.15, 0.2) is 11.6 Å². The number of benzene rings is 2. The van der Waals surface area contributed by atoms with E-state index in [4.69, 9.17) is 10.5 Å². The summed E-state index contributed by atoms with van der Waals surface area (Å²) in [7, 11) is 0. The number of hydrogen-bond acceptors (Lipinski definition) is 3. The van der Waals surface area contributed by atoms with E-state index >= 15 is 0 Å². The molecule has 0 aliphatic rings. The van der Waals surface area contributed by atoms with Crippen LogP contribution in [0.1, 0.15) is 24.5 Å². The van der Waals surface area contributed by atoms with Crippen LogP contribution < -0.4 is 15.8 Å². The van der Waals surface area contributed by atoms with Gasteiger partial charge >= 0.3 is 0 Å². The largest absolute Gasteiger partial charge is 0.473 e. The Labute approximate surface area is 161 Å². The van der Waals surface area contributed by atoms with Crippen LogP contribution in [0.25, 0.3) is 0 Å². The molecule has 1 amide bonds. The van der Waals surface area contributed by atoms with Gasteiger partial charge in [0.2, 0.25) is 6.10 Å². The van der Waals surface area contributed by atoms with Crippen LogP contribution in [-0.2, 0) is 4.79 Å². The van der Waals surface area contributed by atoms with Gasteiger partial charge < -0.3 is 15.8 Å². The summed E-state index contributed by atoms with van der Waals surface area (Å²) in [5.41, 5.74) is 6.11. The van der Waals surface area contributed by atoms with Crippen molar-refractivity contribution in [3.8, 4) is 5.75 Å². The monoisotopic (exact) mass is 430 g/mol. The molecule has 136 valence electrons. The number of nitrogens with two attached hydrogens (primary N) is 1. The van der Waals surface area contributed by atoms with Crippen LogP contribution in [0.15, 0.2) is 53.0 Å². The first-order chi connectivity index (χ1) is 11.6. The van der Waals surface area contributed by atoms with Gasteiger partial charge in [-0.25, -0.2) is 4.39 Å². The highest BCUT2D eigenvalue weighted by Gasteiger charge is 2.23. The van der Waals surface area contributed by atoms with Gasteiger partial charge in [0.05, 0.1) is 0 Å². The molecular formula is C18H21BrClFN2O2. The molecule has 0 spiro atoms. The summed E-state index contributed by atoms with van der Waals surface area (Å²) in [6, 6.07) is 13.5. The maximum atomic E-state index is 14.0. The second-order valence-corrected chi connectivity index (χ2v) is 6.19. The Kier molecular flexibility index (Phi) is 9.49. The van der Waals surface area contributed by atoms with E-state index in [0.29, 0.717) is 23.1 Å². The lowest BCUT2D eigenvalue weighted by molar-refractivity contribution is -0.128. The number of unbranched alkanes of at least 4 members (excludes halogenated alkanes) is 1. The summed E-state index contributed by atoms with van der Waals surface area (Å²) in [6.45, 7) is 1.09. The lowest BCUT2D eigenvalue weighted by Gasteiger charge is -2.19. The van der Waals surface area contributed by atoms with Crippen LogP contribution in [0.5, 0.6) is 5.75 Å². The van der Waals surface area contributed by atoms with Gasteiger partial charge in [-0.3, -0.25) is 4.79 Å².